The van der Waals surface area contributed by atoms with Crippen LogP contribution in [0.2, 0.25) is 0 Å². The molecule has 3 rings (SSSR count). The van der Waals surface area contributed by atoms with E-state index in [-0.39, 0.29) is 11.9 Å². The molecule has 0 radical (unpaired) electrons. The molecule has 8 heteroatoms. The third kappa shape index (κ3) is 3.28. The van der Waals surface area contributed by atoms with Crippen LogP contribution in [-0.4, -0.2) is 49.8 Å². The van der Waals surface area contributed by atoms with Gasteiger partial charge in [-0.25, -0.2) is 4.98 Å². The van der Waals surface area contributed by atoms with Crippen molar-refractivity contribution < 1.29 is 9.53 Å². The van der Waals surface area contributed by atoms with Gasteiger partial charge in [0.25, 0.3) is 5.91 Å². The molecule has 2 aliphatic rings. The molecule has 0 spiro atoms. The number of aromatic nitrogens is 1. The van der Waals surface area contributed by atoms with E-state index in [4.69, 9.17) is 16.2 Å². The van der Waals surface area contributed by atoms with Gasteiger partial charge >= 0.3 is 0 Å². The quantitative estimate of drug-likeness (QED) is 0.724. The largest absolute Gasteiger partial charge is 0.382 e. The fourth-order valence-electron chi connectivity index (χ4n) is 2.64. The van der Waals surface area contributed by atoms with Gasteiger partial charge in [0.05, 0.1) is 6.61 Å². The Labute approximate surface area is 127 Å². The molecular formula is C13H21N5O2S. The molecule has 2 saturated heterocycles. The molecule has 1 amide bonds. The van der Waals surface area contributed by atoms with Gasteiger partial charge in [0.2, 0.25) is 0 Å². The molecule has 0 saturated carbocycles. The maximum atomic E-state index is 12.2. The van der Waals surface area contributed by atoms with Gasteiger partial charge in [-0.1, -0.05) is 11.3 Å². The molecule has 7 nitrogen and oxygen atoms in total. The second kappa shape index (κ2) is 6.17. The van der Waals surface area contributed by atoms with Crippen LogP contribution >= 0.6 is 11.3 Å². The monoisotopic (exact) mass is 311 g/mol. The van der Waals surface area contributed by atoms with Crippen LogP contribution < -0.4 is 21.7 Å². The molecule has 0 bridgehead atoms. The van der Waals surface area contributed by atoms with Gasteiger partial charge in [-0.2, -0.15) is 0 Å². The van der Waals surface area contributed by atoms with Crippen LogP contribution in [0, 0.1) is 5.92 Å². The predicted molar refractivity (Wildman–Crippen MR) is 82.6 cm³/mol. The van der Waals surface area contributed by atoms with Crippen LogP contribution in [0.1, 0.15) is 22.5 Å². The summed E-state index contributed by atoms with van der Waals surface area (Å²) >= 11 is 1.34. The lowest BCUT2D eigenvalue weighted by molar-refractivity contribution is 0.0949. The van der Waals surface area contributed by atoms with Gasteiger partial charge < -0.3 is 26.4 Å². The number of anilines is 2. The molecule has 5 N–H and O–H groups in total. The summed E-state index contributed by atoms with van der Waals surface area (Å²) in [6.45, 7) is 3.76. The van der Waals surface area contributed by atoms with E-state index < -0.39 is 0 Å². The molecule has 2 fully saturated rings. The molecule has 3 heterocycles. The second-order valence-corrected chi connectivity index (χ2v) is 6.62. The summed E-state index contributed by atoms with van der Waals surface area (Å²) < 4.78 is 5.30. The highest BCUT2D eigenvalue weighted by molar-refractivity contribution is 7.18. The van der Waals surface area contributed by atoms with Crippen LogP contribution in [0.3, 0.4) is 0 Å². The Morgan fingerprint density at radius 1 is 1.52 bits per heavy atom. The Hall–Kier alpha value is -1.38. The average molecular weight is 311 g/mol. The number of thiazole rings is 1. The summed E-state index contributed by atoms with van der Waals surface area (Å²) in [6.07, 6.45) is 1.94. The minimum absolute atomic E-state index is 0.147. The number of nitrogens with one attached hydrogen (secondary N) is 1. The molecule has 2 unspecified atom stereocenters. The van der Waals surface area contributed by atoms with Gasteiger partial charge in [0.1, 0.15) is 10.7 Å². The van der Waals surface area contributed by atoms with Gasteiger partial charge in [-0.05, 0) is 12.8 Å². The molecule has 1 aromatic rings. The maximum absolute atomic E-state index is 12.2. The Bertz CT molecular complexity index is 515. The first-order chi connectivity index (χ1) is 10.1. The van der Waals surface area contributed by atoms with E-state index in [1.54, 1.807) is 0 Å². The van der Waals surface area contributed by atoms with Crippen LogP contribution in [0.15, 0.2) is 0 Å². The summed E-state index contributed by atoms with van der Waals surface area (Å²) in [5, 5.41) is 3.71. The fraction of sp³-hybridized carbons (Fsp3) is 0.692. The number of rotatable bonds is 4. The first-order valence-electron chi connectivity index (χ1n) is 7.26. The maximum Gasteiger partial charge on any atom is 0.265 e. The van der Waals surface area contributed by atoms with Crippen molar-refractivity contribution in [3.05, 3.63) is 4.88 Å². The normalized spacial score (nSPS) is 25.5. The van der Waals surface area contributed by atoms with Crippen LogP contribution in [0.4, 0.5) is 10.9 Å². The molecule has 1 aromatic heterocycles. The Kier molecular flexibility index (Phi) is 4.27. The minimum Gasteiger partial charge on any atom is -0.382 e. The summed E-state index contributed by atoms with van der Waals surface area (Å²) in [6, 6.07) is 0.176. The van der Waals surface area contributed by atoms with E-state index in [9.17, 15) is 4.79 Å². The minimum atomic E-state index is -0.147. The van der Waals surface area contributed by atoms with Crippen molar-refractivity contribution in [2.75, 3.05) is 43.5 Å². The summed E-state index contributed by atoms with van der Waals surface area (Å²) in [5.74, 6) is 0.557. The number of ether oxygens (including phenoxy) is 1. The highest BCUT2D eigenvalue weighted by Crippen LogP contribution is 2.30. The number of amides is 1. The van der Waals surface area contributed by atoms with Crippen molar-refractivity contribution in [1.82, 2.24) is 10.3 Å². The zero-order chi connectivity index (χ0) is 14.8. The third-order valence-electron chi connectivity index (χ3n) is 3.92. The van der Waals surface area contributed by atoms with Crippen LogP contribution in [0.25, 0.3) is 0 Å². The number of nitrogen functional groups attached to an aromatic ring is 1. The zero-order valence-corrected chi connectivity index (χ0v) is 12.7. The van der Waals surface area contributed by atoms with E-state index in [0.29, 0.717) is 23.2 Å². The van der Waals surface area contributed by atoms with E-state index in [2.05, 4.69) is 15.2 Å². The smallest absolute Gasteiger partial charge is 0.265 e. The van der Waals surface area contributed by atoms with E-state index in [0.717, 1.165) is 44.3 Å². The van der Waals surface area contributed by atoms with Crippen LogP contribution in [0.5, 0.6) is 0 Å². The van der Waals surface area contributed by atoms with Crippen molar-refractivity contribution >= 4 is 28.2 Å². The number of carbonyl (C=O) groups is 1. The Balaban J connectivity index is 1.61. The first kappa shape index (κ1) is 14.6. The van der Waals surface area contributed by atoms with Crippen molar-refractivity contribution in [3.8, 4) is 0 Å². The van der Waals surface area contributed by atoms with E-state index in [1.165, 1.54) is 11.3 Å². The van der Waals surface area contributed by atoms with Crippen molar-refractivity contribution in [2.24, 2.45) is 11.7 Å². The SMILES string of the molecule is Nc1nc(N2CCC(N)C2)sc1C(=O)NCC1CCOC1. The number of hydrogen-bond donors (Lipinski definition) is 3. The third-order valence-corrected chi connectivity index (χ3v) is 5.05. The lowest BCUT2D eigenvalue weighted by Crippen LogP contribution is -2.29. The molecule has 0 aromatic carbocycles. The van der Waals surface area contributed by atoms with Gasteiger partial charge in [-0.15, -0.1) is 0 Å². The zero-order valence-electron chi connectivity index (χ0n) is 11.9. The highest BCUT2D eigenvalue weighted by atomic mass is 32.1. The van der Waals surface area contributed by atoms with Crippen LogP contribution in [-0.2, 0) is 4.74 Å². The second-order valence-electron chi connectivity index (χ2n) is 5.65. The molecule has 0 aliphatic carbocycles. The number of hydrogen-bond acceptors (Lipinski definition) is 7. The Morgan fingerprint density at radius 3 is 3.05 bits per heavy atom. The lowest BCUT2D eigenvalue weighted by Gasteiger charge is -2.12. The van der Waals surface area contributed by atoms with E-state index >= 15 is 0 Å². The Morgan fingerprint density at radius 2 is 2.38 bits per heavy atom. The molecule has 21 heavy (non-hydrogen) atoms. The summed E-state index contributed by atoms with van der Waals surface area (Å²) in [4.78, 5) is 19.1. The van der Waals surface area contributed by atoms with Crippen molar-refractivity contribution in [1.29, 1.82) is 0 Å². The van der Waals surface area contributed by atoms with Gasteiger partial charge in [-0.3, -0.25) is 4.79 Å². The summed E-state index contributed by atoms with van der Waals surface area (Å²) in [7, 11) is 0. The van der Waals surface area contributed by atoms with Crippen molar-refractivity contribution in [2.45, 2.75) is 18.9 Å². The van der Waals surface area contributed by atoms with Gasteiger partial charge in [0.15, 0.2) is 5.13 Å². The predicted octanol–water partition coefficient (Wildman–Crippen LogP) is 0.0290. The van der Waals surface area contributed by atoms with E-state index in [1.807, 2.05) is 0 Å². The average Bonchev–Trinajstić information content (AvgIpc) is 3.16. The fourth-order valence-corrected chi connectivity index (χ4v) is 3.58. The summed E-state index contributed by atoms with van der Waals surface area (Å²) in [5.41, 5.74) is 11.8. The molecule has 2 atom stereocenters. The van der Waals surface area contributed by atoms with Crippen molar-refractivity contribution in [3.63, 3.8) is 0 Å². The topological polar surface area (TPSA) is 107 Å². The molecular weight excluding hydrogens is 290 g/mol. The number of nitrogens with zero attached hydrogens (tertiary/aromatic N) is 2. The first-order valence-corrected chi connectivity index (χ1v) is 8.08. The highest BCUT2D eigenvalue weighted by Gasteiger charge is 2.25. The molecule has 2 aliphatic heterocycles. The number of nitrogens with two attached hydrogens (primary N) is 2. The van der Waals surface area contributed by atoms with Gasteiger partial charge in [0, 0.05) is 38.2 Å². The molecule has 116 valence electrons. The standard InChI is InChI=1S/C13H21N5O2S/c14-9-1-3-18(6-9)13-17-11(15)10(21-13)12(19)16-5-8-2-4-20-7-8/h8-9H,1-7,14-15H2,(H,16,19). The number of carbonyl (C=O) groups excluding carboxylic acids is 1. The lowest BCUT2D eigenvalue weighted by atomic mass is 10.1.